The number of benzene rings is 1. The second-order valence-corrected chi connectivity index (χ2v) is 4.05. The summed E-state index contributed by atoms with van der Waals surface area (Å²) >= 11 is 0. The first-order valence-corrected chi connectivity index (χ1v) is 5.72. The van der Waals surface area contributed by atoms with Crippen molar-refractivity contribution in [2.24, 2.45) is 5.84 Å². The number of carbonyl (C=O) groups excluding carboxylic acids is 3. The lowest BCUT2D eigenvalue weighted by Gasteiger charge is -2.19. The van der Waals surface area contributed by atoms with Crippen LogP contribution in [0, 0.1) is 0 Å². The fourth-order valence-electron chi connectivity index (χ4n) is 1.63. The molecule has 1 aliphatic heterocycles. The van der Waals surface area contributed by atoms with Crippen molar-refractivity contribution >= 4 is 17.9 Å². The molecule has 7 nitrogen and oxygen atoms in total. The Morgan fingerprint density at radius 1 is 1.21 bits per heavy atom. The van der Waals surface area contributed by atoms with Crippen molar-refractivity contribution in [3.8, 4) is 0 Å². The number of rotatable bonds is 3. The molecular weight excluding hydrogens is 250 g/mol. The second-order valence-electron chi connectivity index (χ2n) is 4.05. The van der Waals surface area contributed by atoms with Gasteiger partial charge in [-0.3, -0.25) is 9.59 Å². The number of imide groups is 1. The van der Waals surface area contributed by atoms with Crippen molar-refractivity contribution < 1.29 is 19.2 Å². The highest BCUT2D eigenvalue weighted by Gasteiger charge is 2.33. The monoisotopic (exact) mass is 263 g/mol. The molecule has 0 bridgehead atoms. The molecule has 0 atom stereocenters. The third-order valence-electron chi connectivity index (χ3n) is 2.61. The highest BCUT2D eigenvalue weighted by Crippen LogP contribution is 2.13. The number of hydrogen-bond donors (Lipinski definition) is 1. The van der Waals surface area contributed by atoms with Gasteiger partial charge in [0.05, 0.1) is 6.54 Å². The van der Waals surface area contributed by atoms with Gasteiger partial charge in [-0.25, -0.2) is 15.6 Å². The van der Waals surface area contributed by atoms with E-state index in [2.05, 4.69) is 4.84 Å². The Morgan fingerprint density at radius 3 is 2.37 bits per heavy atom. The predicted molar refractivity (Wildman–Crippen MR) is 63.7 cm³/mol. The molecule has 0 unspecified atom stereocenters. The summed E-state index contributed by atoms with van der Waals surface area (Å²) in [7, 11) is 0. The predicted octanol–water partition coefficient (Wildman–Crippen LogP) is 0.563. The van der Waals surface area contributed by atoms with Gasteiger partial charge in [-0.2, -0.15) is 0 Å². The average molecular weight is 263 g/mol. The standard InChI is InChI=1S/C12H13N3O4/c13-14(8-9-4-2-1-3-5-9)12(18)19-15-10(16)6-7-11(15)17/h1-5H,6-8,13H2. The normalized spacial score (nSPS) is 14.7. The van der Waals surface area contributed by atoms with E-state index in [-0.39, 0.29) is 19.4 Å². The van der Waals surface area contributed by atoms with Gasteiger partial charge in [0.1, 0.15) is 0 Å². The van der Waals surface area contributed by atoms with Crippen LogP contribution in [0.25, 0.3) is 0 Å². The zero-order valence-electron chi connectivity index (χ0n) is 10.1. The fraction of sp³-hybridized carbons (Fsp3) is 0.250. The van der Waals surface area contributed by atoms with Crippen LogP contribution < -0.4 is 5.84 Å². The summed E-state index contributed by atoms with van der Waals surface area (Å²) in [4.78, 5) is 38.8. The lowest BCUT2D eigenvalue weighted by molar-refractivity contribution is -0.173. The van der Waals surface area contributed by atoms with Gasteiger partial charge in [0.15, 0.2) is 0 Å². The number of amides is 3. The van der Waals surface area contributed by atoms with Gasteiger partial charge in [0, 0.05) is 12.8 Å². The van der Waals surface area contributed by atoms with Crippen LogP contribution in [0.3, 0.4) is 0 Å². The number of hydrogen-bond acceptors (Lipinski definition) is 5. The van der Waals surface area contributed by atoms with Crippen LogP contribution in [0.15, 0.2) is 30.3 Å². The molecule has 0 aliphatic carbocycles. The van der Waals surface area contributed by atoms with E-state index in [0.717, 1.165) is 10.6 Å². The molecule has 0 radical (unpaired) electrons. The molecule has 2 rings (SSSR count). The van der Waals surface area contributed by atoms with Gasteiger partial charge < -0.3 is 4.84 Å². The van der Waals surface area contributed by atoms with E-state index in [0.29, 0.717) is 5.06 Å². The largest absolute Gasteiger partial charge is 0.449 e. The third-order valence-corrected chi connectivity index (χ3v) is 2.61. The maximum absolute atomic E-state index is 11.6. The van der Waals surface area contributed by atoms with Crippen LogP contribution in [0.2, 0.25) is 0 Å². The smallest absolute Gasteiger partial charge is 0.310 e. The topological polar surface area (TPSA) is 92.9 Å². The Kier molecular flexibility index (Phi) is 3.76. The summed E-state index contributed by atoms with van der Waals surface area (Å²) < 4.78 is 0. The molecular formula is C12H13N3O4. The van der Waals surface area contributed by atoms with Crippen molar-refractivity contribution in [2.75, 3.05) is 0 Å². The molecule has 1 aromatic rings. The summed E-state index contributed by atoms with van der Waals surface area (Å²) in [6.45, 7) is 0.121. The molecule has 7 heteroatoms. The van der Waals surface area contributed by atoms with Crippen molar-refractivity contribution in [3.05, 3.63) is 35.9 Å². The second kappa shape index (κ2) is 5.49. The molecule has 19 heavy (non-hydrogen) atoms. The van der Waals surface area contributed by atoms with E-state index in [9.17, 15) is 14.4 Å². The summed E-state index contributed by atoms with van der Waals surface area (Å²) in [5.74, 6) is 4.46. The molecule has 1 aliphatic rings. The SMILES string of the molecule is NN(Cc1ccccc1)C(=O)ON1C(=O)CCC1=O. The third kappa shape index (κ3) is 3.08. The van der Waals surface area contributed by atoms with E-state index in [1.165, 1.54) is 0 Å². The number of nitrogens with zero attached hydrogens (tertiary/aromatic N) is 2. The lowest BCUT2D eigenvalue weighted by atomic mass is 10.2. The van der Waals surface area contributed by atoms with Gasteiger partial charge in [0.2, 0.25) is 0 Å². The summed E-state index contributed by atoms with van der Waals surface area (Å²) in [5, 5.41) is 1.27. The molecule has 100 valence electrons. The Morgan fingerprint density at radius 2 is 1.79 bits per heavy atom. The summed E-state index contributed by atoms with van der Waals surface area (Å²) in [6, 6.07) is 9.03. The number of hydroxylamine groups is 2. The Balaban J connectivity index is 1.93. The van der Waals surface area contributed by atoms with Crippen molar-refractivity contribution in [2.45, 2.75) is 19.4 Å². The van der Waals surface area contributed by atoms with Crippen LogP contribution in [0.4, 0.5) is 4.79 Å². The van der Waals surface area contributed by atoms with Crippen molar-refractivity contribution in [1.82, 2.24) is 10.1 Å². The molecule has 0 saturated carbocycles. The molecule has 0 spiro atoms. The van der Waals surface area contributed by atoms with Gasteiger partial charge >= 0.3 is 6.09 Å². The number of carbonyl (C=O) groups is 3. The van der Waals surface area contributed by atoms with Gasteiger partial charge in [-0.1, -0.05) is 30.3 Å². The first-order chi connectivity index (χ1) is 9.08. The fourth-order valence-corrected chi connectivity index (χ4v) is 1.63. The highest BCUT2D eigenvalue weighted by molar-refractivity contribution is 6.01. The van der Waals surface area contributed by atoms with E-state index < -0.39 is 17.9 Å². The van der Waals surface area contributed by atoms with Gasteiger partial charge in [0.25, 0.3) is 11.8 Å². The van der Waals surface area contributed by atoms with Crippen LogP contribution in [-0.4, -0.2) is 28.0 Å². The first-order valence-electron chi connectivity index (χ1n) is 5.72. The minimum absolute atomic E-state index is 0.0510. The molecule has 1 aromatic carbocycles. The number of hydrazine groups is 1. The van der Waals surface area contributed by atoms with Gasteiger partial charge in [-0.05, 0) is 5.56 Å². The molecule has 3 amide bonds. The van der Waals surface area contributed by atoms with Crippen molar-refractivity contribution in [3.63, 3.8) is 0 Å². The number of nitrogens with two attached hydrogens (primary N) is 1. The lowest BCUT2D eigenvalue weighted by Crippen LogP contribution is -2.42. The first kappa shape index (κ1) is 13.0. The quantitative estimate of drug-likeness (QED) is 0.372. The van der Waals surface area contributed by atoms with Crippen LogP contribution >= 0.6 is 0 Å². The van der Waals surface area contributed by atoms with Gasteiger partial charge in [-0.15, -0.1) is 5.06 Å². The highest BCUT2D eigenvalue weighted by atomic mass is 16.7. The molecule has 1 fully saturated rings. The van der Waals surface area contributed by atoms with Crippen LogP contribution in [0.1, 0.15) is 18.4 Å². The van der Waals surface area contributed by atoms with Crippen LogP contribution in [-0.2, 0) is 21.0 Å². The summed E-state index contributed by atoms with van der Waals surface area (Å²) in [6.07, 6.45) is -0.850. The maximum Gasteiger partial charge on any atom is 0.449 e. The Bertz CT molecular complexity index is 487. The molecule has 1 heterocycles. The van der Waals surface area contributed by atoms with E-state index in [1.54, 1.807) is 12.1 Å². The molecule has 0 aromatic heterocycles. The zero-order valence-corrected chi connectivity index (χ0v) is 10.1. The van der Waals surface area contributed by atoms with E-state index >= 15 is 0 Å². The minimum atomic E-state index is -0.951. The van der Waals surface area contributed by atoms with Crippen LogP contribution in [0.5, 0.6) is 0 Å². The average Bonchev–Trinajstić information content (AvgIpc) is 2.71. The Labute approximate surface area is 109 Å². The minimum Gasteiger partial charge on any atom is -0.310 e. The van der Waals surface area contributed by atoms with E-state index in [4.69, 9.17) is 5.84 Å². The van der Waals surface area contributed by atoms with Crippen molar-refractivity contribution in [1.29, 1.82) is 0 Å². The summed E-state index contributed by atoms with van der Waals surface area (Å²) in [5.41, 5.74) is 0.807. The molecule has 1 saturated heterocycles. The zero-order chi connectivity index (χ0) is 13.8. The Hall–Kier alpha value is -2.41. The maximum atomic E-state index is 11.6. The van der Waals surface area contributed by atoms with E-state index in [1.807, 2.05) is 18.2 Å². The molecule has 2 N–H and O–H groups in total.